The van der Waals surface area contributed by atoms with Gasteiger partial charge in [0.05, 0.1) is 5.56 Å². The number of carbonyl (C=O) groups excluding carboxylic acids is 1. The second kappa shape index (κ2) is 7.13. The van der Waals surface area contributed by atoms with E-state index in [1.165, 1.54) is 12.1 Å². The van der Waals surface area contributed by atoms with Crippen molar-refractivity contribution in [2.45, 2.75) is 57.8 Å². The average molecular weight is 365 g/mol. The van der Waals surface area contributed by atoms with Crippen molar-refractivity contribution >= 4 is 5.91 Å². The van der Waals surface area contributed by atoms with Crippen LogP contribution in [0.1, 0.15) is 60.0 Å². The molecule has 2 heterocycles. The van der Waals surface area contributed by atoms with E-state index in [2.05, 4.69) is 10.3 Å². The third kappa shape index (κ3) is 3.92. The number of hydrogen-bond donors (Lipinski definition) is 1. The van der Waals surface area contributed by atoms with Crippen molar-refractivity contribution in [3.63, 3.8) is 0 Å². The molecule has 0 radical (unpaired) electrons. The Bertz CT molecular complexity index is 798. The van der Waals surface area contributed by atoms with Gasteiger partial charge in [0, 0.05) is 31.1 Å². The van der Waals surface area contributed by atoms with Crippen LogP contribution >= 0.6 is 0 Å². The molecule has 140 valence electrons. The summed E-state index contributed by atoms with van der Waals surface area (Å²) in [6, 6.07) is 5.57. The summed E-state index contributed by atoms with van der Waals surface area (Å²) in [4.78, 5) is 16.6. The van der Waals surface area contributed by atoms with Crippen LogP contribution in [-0.4, -0.2) is 21.5 Å². The molecule has 0 saturated carbocycles. The van der Waals surface area contributed by atoms with Gasteiger partial charge in [-0.3, -0.25) is 4.79 Å². The number of aryl methyl sites for hydroxylation is 1. The van der Waals surface area contributed by atoms with Gasteiger partial charge in [0.1, 0.15) is 11.5 Å². The van der Waals surface area contributed by atoms with Crippen molar-refractivity contribution in [2.75, 3.05) is 0 Å². The number of fused-ring (bicyclic) bond motifs is 1. The van der Waals surface area contributed by atoms with Gasteiger partial charge in [-0.25, -0.2) is 4.98 Å². The number of rotatable bonds is 4. The molecule has 1 aromatic carbocycles. The first-order chi connectivity index (χ1) is 12.3. The van der Waals surface area contributed by atoms with Gasteiger partial charge in [-0.05, 0) is 31.4 Å². The zero-order valence-electron chi connectivity index (χ0n) is 14.8. The summed E-state index contributed by atoms with van der Waals surface area (Å²) >= 11 is 0. The van der Waals surface area contributed by atoms with Gasteiger partial charge in [-0.2, -0.15) is 13.2 Å². The van der Waals surface area contributed by atoms with Crippen LogP contribution < -0.4 is 5.32 Å². The molecule has 3 rings (SSSR count). The van der Waals surface area contributed by atoms with Crippen LogP contribution in [0.4, 0.5) is 13.2 Å². The Labute approximate surface area is 150 Å². The second-order valence-corrected chi connectivity index (χ2v) is 6.84. The Morgan fingerprint density at radius 3 is 2.88 bits per heavy atom. The summed E-state index contributed by atoms with van der Waals surface area (Å²) in [7, 11) is 0. The molecule has 26 heavy (non-hydrogen) atoms. The van der Waals surface area contributed by atoms with Gasteiger partial charge < -0.3 is 9.88 Å². The first-order valence-corrected chi connectivity index (χ1v) is 8.82. The molecule has 1 aliphatic rings. The van der Waals surface area contributed by atoms with Crippen molar-refractivity contribution < 1.29 is 18.0 Å². The number of aromatic nitrogens is 2. The van der Waals surface area contributed by atoms with E-state index < -0.39 is 11.7 Å². The summed E-state index contributed by atoms with van der Waals surface area (Å²) in [5.41, 5.74) is 0.412. The minimum atomic E-state index is -4.34. The number of halogens is 3. The highest BCUT2D eigenvalue weighted by molar-refractivity contribution is 5.92. The lowest BCUT2D eigenvalue weighted by Crippen LogP contribution is -2.32. The number of amides is 1. The summed E-state index contributed by atoms with van der Waals surface area (Å²) < 4.78 is 40.7. The molecule has 2 aromatic rings. The molecule has 0 fully saturated rings. The van der Waals surface area contributed by atoms with Crippen LogP contribution in [0.3, 0.4) is 0 Å². The summed E-state index contributed by atoms with van der Waals surface area (Å²) in [6.45, 7) is 4.45. The fourth-order valence-electron chi connectivity index (χ4n) is 3.19. The summed E-state index contributed by atoms with van der Waals surface area (Å²) in [6.07, 6.45) is -0.460. The lowest BCUT2D eigenvalue weighted by Gasteiger charge is -2.24. The largest absolute Gasteiger partial charge is 0.416 e. The Hall–Kier alpha value is -2.31. The van der Waals surface area contributed by atoms with E-state index in [4.69, 9.17) is 0 Å². The summed E-state index contributed by atoms with van der Waals surface area (Å²) in [5, 5.41) is 2.88. The molecule has 0 bridgehead atoms. The maximum atomic E-state index is 12.9. The Morgan fingerprint density at radius 1 is 1.42 bits per heavy atom. The zero-order chi connectivity index (χ0) is 18.9. The molecule has 4 nitrogen and oxygen atoms in total. The van der Waals surface area contributed by atoms with Crippen molar-refractivity contribution in [1.82, 2.24) is 14.9 Å². The zero-order valence-corrected chi connectivity index (χ0v) is 14.8. The SMILES string of the molecule is CC[C@@H](C)NC(=O)c1cn2c(n1)CC[C@@H](c1cccc(C(F)(F)F)c1)C2. The highest BCUT2D eigenvalue weighted by Crippen LogP contribution is 2.34. The van der Waals surface area contributed by atoms with Crippen LogP contribution in [0.15, 0.2) is 30.5 Å². The van der Waals surface area contributed by atoms with E-state index in [9.17, 15) is 18.0 Å². The predicted octanol–water partition coefficient (Wildman–Crippen LogP) is 4.16. The second-order valence-electron chi connectivity index (χ2n) is 6.84. The predicted molar refractivity (Wildman–Crippen MR) is 92.0 cm³/mol. The standard InChI is InChI=1S/C19H22F3N3O/c1-3-12(2)23-18(26)16-11-25-10-14(7-8-17(25)24-16)13-5-4-6-15(9-13)19(20,21)22/h4-6,9,11-12,14H,3,7-8,10H2,1-2H3,(H,23,26)/t12-,14-/m1/s1. The quantitative estimate of drug-likeness (QED) is 0.884. The fourth-order valence-corrected chi connectivity index (χ4v) is 3.19. The summed E-state index contributed by atoms with van der Waals surface area (Å²) in [5.74, 6) is 0.573. The maximum absolute atomic E-state index is 12.9. The van der Waals surface area contributed by atoms with Gasteiger partial charge in [0.2, 0.25) is 0 Å². The van der Waals surface area contributed by atoms with Crippen LogP contribution in [-0.2, 0) is 19.1 Å². The van der Waals surface area contributed by atoms with Gasteiger partial charge in [-0.15, -0.1) is 0 Å². The first-order valence-electron chi connectivity index (χ1n) is 8.82. The van der Waals surface area contributed by atoms with E-state index >= 15 is 0 Å². The van der Waals surface area contributed by atoms with Crippen molar-refractivity contribution in [3.8, 4) is 0 Å². The molecule has 0 spiro atoms. The number of benzene rings is 1. The van der Waals surface area contributed by atoms with Crippen molar-refractivity contribution in [3.05, 3.63) is 53.1 Å². The monoisotopic (exact) mass is 365 g/mol. The smallest absolute Gasteiger partial charge is 0.348 e. The third-order valence-corrected chi connectivity index (χ3v) is 4.90. The van der Waals surface area contributed by atoms with E-state index in [0.29, 0.717) is 30.6 Å². The van der Waals surface area contributed by atoms with Crippen molar-refractivity contribution in [2.24, 2.45) is 0 Å². The van der Waals surface area contributed by atoms with E-state index in [-0.39, 0.29) is 17.9 Å². The maximum Gasteiger partial charge on any atom is 0.416 e. The number of nitrogens with zero attached hydrogens (tertiary/aromatic N) is 2. The first kappa shape index (κ1) is 18.5. The lowest BCUT2D eigenvalue weighted by molar-refractivity contribution is -0.137. The number of carbonyl (C=O) groups is 1. The normalized spacial score (nSPS) is 18.3. The van der Waals surface area contributed by atoms with Gasteiger partial charge in [0.25, 0.3) is 5.91 Å². The van der Waals surface area contributed by atoms with Gasteiger partial charge in [0.15, 0.2) is 0 Å². The Balaban J connectivity index is 1.77. The van der Waals surface area contributed by atoms with Crippen molar-refractivity contribution in [1.29, 1.82) is 0 Å². The molecular formula is C19H22F3N3O. The molecule has 1 amide bonds. The number of hydrogen-bond acceptors (Lipinski definition) is 2. The fraction of sp³-hybridized carbons (Fsp3) is 0.474. The van der Waals surface area contributed by atoms with E-state index in [1.54, 1.807) is 12.3 Å². The molecule has 1 aliphatic heterocycles. The lowest BCUT2D eigenvalue weighted by atomic mass is 9.90. The van der Waals surface area contributed by atoms with Crippen LogP contribution in [0.2, 0.25) is 0 Å². The van der Waals surface area contributed by atoms with Gasteiger partial charge in [-0.1, -0.05) is 25.1 Å². The molecule has 2 atom stereocenters. The van der Waals surface area contributed by atoms with E-state index in [1.807, 2.05) is 18.4 Å². The van der Waals surface area contributed by atoms with E-state index in [0.717, 1.165) is 18.3 Å². The average Bonchev–Trinajstić information content (AvgIpc) is 3.04. The molecule has 7 heteroatoms. The highest BCUT2D eigenvalue weighted by atomic mass is 19.4. The van der Waals surface area contributed by atoms with Crippen LogP contribution in [0, 0.1) is 0 Å². The Morgan fingerprint density at radius 2 is 2.19 bits per heavy atom. The molecule has 0 unspecified atom stereocenters. The van der Waals surface area contributed by atoms with Crippen LogP contribution in [0.5, 0.6) is 0 Å². The molecule has 0 aliphatic carbocycles. The highest BCUT2D eigenvalue weighted by Gasteiger charge is 2.31. The number of alkyl halides is 3. The number of nitrogens with one attached hydrogen (secondary N) is 1. The van der Waals surface area contributed by atoms with Gasteiger partial charge >= 0.3 is 6.18 Å². The number of imidazole rings is 1. The Kier molecular flexibility index (Phi) is 5.07. The molecule has 0 saturated heterocycles. The molecule has 1 N–H and O–H groups in total. The van der Waals surface area contributed by atoms with Crippen LogP contribution in [0.25, 0.3) is 0 Å². The molecule has 1 aromatic heterocycles. The minimum absolute atomic E-state index is 0.0236. The molecular weight excluding hydrogens is 343 g/mol. The minimum Gasteiger partial charge on any atom is -0.348 e. The topological polar surface area (TPSA) is 46.9 Å². The third-order valence-electron chi connectivity index (χ3n) is 4.90.